The van der Waals surface area contributed by atoms with Crippen molar-refractivity contribution in [3.63, 3.8) is 0 Å². The number of nitrogens with two attached hydrogens (primary N) is 1. The third kappa shape index (κ3) is 3.00. The fourth-order valence-electron chi connectivity index (χ4n) is 4.77. The predicted molar refractivity (Wildman–Crippen MR) is 95.5 cm³/mol. The highest BCUT2D eigenvalue weighted by atomic mass is 19.4. The lowest BCUT2D eigenvalue weighted by Gasteiger charge is -2.45. The Kier molecular flexibility index (Phi) is 4.50. The van der Waals surface area contributed by atoms with E-state index in [0.717, 1.165) is 43.2 Å². The van der Waals surface area contributed by atoms with E-state index in [2.05, 4.69) is 0 Å². The second-order valence-corrected chi connectivity index (χ2v) is 7.82. The Labute approximate surface area is 161 Å². The van der Waals surface area contributed by atoms with Crippen molar-refractivity contribution in [1.82, 2.24) is 5.06 Å². The number of nitrogens with zero attached hydrogens (tertiary/aromatic N) is 2. The highest BCUT2D eigenvalue weighted by molar-refractivity contribution is 5.79. The summed E-state index contributed by atoms with van der Waals surface area (Å²) in [6.07, 6.45) is -0.102. The average Bonchev–Trinajstić information content (AvgIpc) is 3.08. The van der Waals surface area contributed by atoms with Crippen molar-refractivity contribution >= 4 is 5.96 Å². The fourth-order valence-corrected chi connectivity index (χ4v) is 4.77. The molecule has 1 aliphatic heterocycles. The highest BCUT2D eigenvalue weighted by Gasteiger charge is 2.63. The summed E-state index contributed by atoms with van der Waals surface area (Å²) in [6.45, 7) is -1.34. The molecule has 1 aromatic rings. The first-order chi connectivity index (χ1) is 13.2. The molecule has 1 fully saturated rings. The van der Waals surface area contributed by atoms with Crippen LogP contribution >= 0.6 is 0 Å². The van der Waals surface area contributed by atoms with Crippen LogP contribution in [0.2, 0.25) is 0 Å². The van der Waals surface area contributed by atoms with Crippen LogP contribution in [0.25, 0.3) is 0 Å². The molecule has 28 heavy (non-hydrogen) atoms. The van der Waals surface area contributed by atoms with Crippen molar-refractivity contribution in [2.24, 2.45) is 16.1 Å². The van der Waals surface area contributed by atoms with Gasteiger partial charge in [-0.05, 0) is 49.8 Å². The fraction of sp³-hybridized carbons (Fsp3) is 0.632. The first kappa shape index (κ1) is 19.3. The zero-order valence-corrected chi connectivity index (χ0v) is 15.9. The van der Waals surface area contributed by atoms with Gasteiger partial charge in [0, 0.05) is 25.1 Å². The molecule has 9 heteroatoms. The van der Waals surface area contributed by atoms with E-state index in [9.17, 15) is 13.2 Å². The van der Waals surface area contributed by atoms with Crippen molar-refractivity contribution in [3.8, 4) is 5.75 Å². The lowest BCUT2D eigenvalue weighted by molar-refractivity contribution is -0.232. The predicted octanol–water partition coefficient (Wildman–Crippen LogP) is 3.10. The van der Waals surface area contributed by atoms with E-state index in [1.165, 1.54) is 5.06 Å². The van der Waals surface area contributed by atoms with Gasteiger partial charge in [-0.2, -0.15) is 13.2 Å². The van der Waals surface area contributed by atoms with Crippen LogP contribution in [0.3, 0.4) is 0 Å². The number of benzene rings is 1. The largest absolute Gasteiger partial charge is 0.484 e. The number of fused-ring (bicyclic) bond motifs is 3. The molecule has 0 saturated heterocycles. The Balaban J connectivity index is 1.72. The van der Waals surface area contributed by atoms with Crippen LogP contribution in [0.1, 0.15) is 36.8 Å². The molecule has 2 N–H and O–H groups in total. The average molecular weight is 399 g/mol. The number of methoxy groups -OCH3 is 1. The molecule has 3 aliphatic rings. The Hall–Kier alpha value is -2.00. The van der Waals surface area contributed by atoms with Gasteiger partial charge >= 0.3 is 6.18 Å². The molecule has 4 rings (SSSR count). The van der Waals surface area contributed by atoms with E-state index in [-0.39, 0.29) is 23.2 Å². The normalized spacial score (nSPS) is 32.1. The maximum absolute atomic E-state index is 12.6. The summed E-state index contributed by atoms with van der Waals surface area (Å²) >= 11 is 0. The van der Waals surface area contributed by atoms with Crippen LogP contribution in [0.5, 0.6) is 5.75 Å². The first-order valence-electron chi connectivity index (χ1n) is 9.32. The lowest BCUT2D eigenvalue weighted by Crippen LogP contribution is -2.46. The number of alkyl halides is 3. The minimum absolute atomic E-state index is 0.144. The zero-order chi connectivity index (χ0) is 20.2. The van der Waals surface area contributed by atoms with E-state index in [4.69, 9.17) is 25.0 Å². The third-order valence-electron chi connectivity index (χ3n) is 6.18. The Morgan fingerprint density at radius 1 is 1.32 bits per heavy atom. The van der Waals surface area contributed by atoms with Gasteiger partial charge in [-0.15, -0.1) is 0 Å². The first-order valence-corrected chi connectivity index (χ1v) is 9.32. The summed E-state index contributed by atoms with van der Waals surface area (Å²) in [7, 11) is 3.39. The van der Waals surface area contributed by atoms with Crippen LogP contribution in [0.15, 0.2) is 23.2 Å². The number of hydrogen-bond acceptors (Lipinski definition) is 6. The number of halogens is 3. The Bertz CT molecular complexity index is 790. The van der Waals surface area contributed by atoms with Crippen LogP contribution in [-0.4, -0.2) is 44.1 Å². The molecule has 154 valence electrons. The summed E-state index contributed by atoms with van der Waals surface area (Å²) in [5.41, 5.74) is 6.41. The molecule has 1 aromatic carbocycles. The molecule has 0 radical (unpaired) electrons. The van der Waals surface area contributed by atoms with E-state index >= 15 is 0 Å². The van der Waals surface area contributed by atoms with Crippen LogP contribution < -0.4 is 10.5 Å². The molecule has 0 unspecified atom stereocenters. The van der Waals surface area contributed by atoms with Crippen LogP contribution in [0.4, 0.5) is 13.2 Å². The van der Waals surface area contributed by atoms with Gasteiger partial charge in [0.1, 0.15) is 5.75 Å². The number of ether oxygens (including phenoxy) is 2. The van der Waals surface area contributed by atoms with Crippen molar-refractivity contribution in [3.05, 3.63) is 29.3 Å². The summed E-state index contributed by atoms with van der Waals surface area (Å²) in [6, 6.07) is 5.01. The minimum Gasteiger partial charge on any atom is -0.484 e. The molecule has 1 saturated carbocycles. The summed E-state index contributed by atoms with van der Waals surface area (Å²) in [5.74, 6) is 0.396. The molecule has 0 aromatic heterocycles. The summed E-state index contributed by atoms with van der Waals surface area (Å²) in [5, 5.41) is 1.43. The van der Waals surface area contributed by atoms with E-state index in [0.29, 0.717) is 0 Å². The quantitative estimate of drug-likeness (QED) is 0.846. The summed E-state index contributed by atoms with van der Waals surface area (Å²) < 4.78 is 48.2. The number of hydroxylamine groups is 2. The van der Waals surface area contributed by atoms with Crippen molar-refractivity contribution < 1.29 is 27.5 Å². The van der Waals surface area contributed by atoms with Crippen molar-refractivity contribution in [2.75, 3.05) is 20.8 Å². The monoisotopic (exact) mass is 399 g/mol. The van der Waals surface area contributed by atoms with Gasteiger partial charge < -0.3 is 15.2 Å². The summed E-state index contributed by atoms with van der Waals surface area (Å²) in [4.78, 5) is 10.9. The minimum atomic E-state index is -4.40. The molecule has 2 aliphatic carbocycles. The number of aliphatic imine (C=N–C) groups is 1. The topological polar surface area (TPSA) is 69.3 Å². The zero-order valence-electron chi connectivity index (χ0n) is 15.9. The van der Waals surface area contributed by atoms with Gasteiger partial charge in [0.15, 0.2) is 6.61 Å². The number of hydrogen-bond donors (Lipinski definition) is 1. The van der Waals surface area contributed by atoms with Crippen LogP contribution in [0, 0.1) is 5.41 Å². The maximum atomic E-state index is 12.6. The molecule has 1 atom stereocenters. The van der Waals surface area contributed by atoms with Crippen LogP contribution in [-0.2, 0) is 21.7 Å². The van der Waals surface area contributed by atoms with E-state index in [1.54, 1.807) is 26.3 Å². The highest BCUT2D eigenvalue weighted by Crippen LogP contribution is 2.62. The second kappa shape index (κ2) is 6.52. The SMILES string of the molecule is COC1CCC2(CC1)Cc1ccc(OCC(F)(F)F)cc1[C@]21N=C(N)N(C)O1. The van der Waals surface area contributed by atoms with Gasteiger partial charge in [0.2, 0.25) is 11.7 Å². The van der Waals surface area contributed by atoms with Crippen molar-refractivity contribution in [2.45, 2.75) is 50.1 Å². The molecule has 1 heterocycles. The maximum Gasteiger partial charge on any atom is 0.422 e. The number of guanidine groups is 1. The molecular formula is C19H24F3N3O3. The molecule has 0 bridgehead atoms. The third-order valence-corrected chi connectivity index (χ3v) is 6.18. The van der Waals surface area contributed by atoms with Gasteiger partial charge in [-0.3, -0.25) is 0 Å². The standard InChI is InChI=1S/C19H24F3N3O3/c1-25-16(23)24-19(28-25)15-9-14(27-11-18(20,21)22)4-3-12(15)10-17(19)7-5-13(26-2)6-8-17/h3-4,9,13H,5-8,10-11H2,1-2H3,(H2,23,24)/t13?,17?,19-/m1/s1. The van der Waals surface area contributed by atoms with Gasteiger partial charge in [-0.25, -0.2) is 14.9 Å². The molecular weight excluding hydrogens is 375 g/mol. The molecule has 6 nitrogen and oxygen atoms in total. The van der Waals surface area contributed by atoms with Gasteiger partial charge in [0.05, 0.1) is 6.10 Å². The van der Waals surface area contributed by atoms with Gasteiger partial charge in [-0.1, -0.05) is 6.07 Å². The number of rotatable bonds is 3. The smallest absolute Gasteiger partial charge is 0.422 e. The van der Waals surface area contributed by atoms with Gasteiger partial charge in [0.25, 0.3) is 0 Å². The molecule has 0 amide bonds. The lowest BCUT2D eigenvalue weighted by atomic mass is 9.66. The Morgan fingerprint density at radius 2 is 2.04 bits per heavy atom. The molecule has 2 spiro atoms. The van der Waals surface area contributed by atoms with E-state index in [1.807, 2.05) is 6.07 Å². The van der Waals surface area contributed by atoms with E-state index < -0.39 is 18.5 Å². The van der Waals surface area contributed by atoms with Crippen molar-refractivity contribution in [1.29, 1.82) is 0 Å². The Morgan fingerprint density at radius 3 is 2.61 bits per heavy atom. The second-order valence-electron chi connectivity index (χ2n) is 7.82.